The van der Waals surface area contributed by atoms with E-state index >= 15 is 0 Å². The van der Waals surface area contributed by atoms with Crippen LogP contribution in [-0.4, -0.2) is 0 Å². The molecule has 0 heterocycles. The second-order valence-corrected chi connectivity index (χ2v) is 5.79. The number of unbranched alkanes of at least 4 members (excludes halogenated alkanes) is 4. The Kier molecular flexibility index (Phi) is 8.62. The first-order valence-electron chi connectivity index (χ1n) is 8.40. The summed E-state index contributed by atoms with van der Waals surface area (Å²) in [5, 5.41) is 0. The molecule has 19 heavy (non-hydrogen) atoms. The molecule has 0 fully saturated rings. The van der Waals surface area contributed by atoms with Gasteiger partial charge in [0.15, 0.2) is 0 Å². The van der Waals surface area contributed by atoms with Crippen molar-refractivity contribution in [2.75, 3.05) is 0 Å². The Morgan fingerprint density at radius 3 is 2.32 bits per heavy atom. The largest absolute Gasteiger partial charge is 0.0654 e. The lowest BCUT2D eigenvalue weighted by Gasteiger charge is -2.17. The predicted octanol–water partition coefficient (Wildman–Crippen LogP) is 6.49. The van der Waals surface area contributed by atoms with E-state index in [1.54, 1.807) is 5.56 Å². The van der Waals surface area contributed by atoms with E-state index in [1.807, 2.05) is 0 Å². The van der Waals surface area contributed by atoms with Crippen molar-refractivity contribution < 1.29 is 0 Å². The van der Waals surface area contributed by atoms with Crippen molar-refractivity contribution in [2.24, 2.45) is 0 Å². The topological polar surface area (TPSA) is 0 Å². The van der Waals surface area contributed by atoms with E-state index in [0.717, 1.165) is 12.3 Å². The van der Waals surface area contributed by atoms with Crippen molar-refractivity contribution in [1.82, 2.24) is 0 Å². The monoisotopic (exact) mass is 260 g/mol. The van der Waals surface area contributed by atoms with Gasteiger partial charge in [-0.1, -0.05) is 83.6 Å². The van der Waals surface area contributed by atoms with Crippen molar-refractivity contribution in [3.63, 3.8) is 0 Å². The lowest BCUT2D eigenvalue weighted by atomic mass is 9.88. The van der Waals surface area contributed by atoms with Gasteiger partial charge < -0.3 is 0 Å². The van der Waals surface area contributed by atoms with Gasteiger partial charge in [-0.2, -0.15) is 0 Å². The maximum absolute atomic E-state index is 2.44. The van der Waals surface area contributed by atoms with Gasteiger partial charge in [-0.25, -0.2) is 0 Å². The summed E-state index contributed by atoms with van der Waals surface area (Å²) in [6.45, 7) is 6.85. The first-order chi connectivity index (χ1) is 9.31. The van der Waals surface area contributed by atoms with Crippen LogP contribution in [0.3, 0.4) is 0 Å². The van der Waals surface area contributed by atoms with Crippen molar-refractivity contribution >= 4 is 0 Å². The highest BCUT2D eigenvalue weighted by molar-refractivity contribution is 5.26. The molecule has 0 spiro atoms. The molecule has 0 saturated carbocycles. The van der Waals surface area contributed by atoms with Crippen LogP contribution < -0.4 is 0 Å². The lowest BCUT2D eigenvalue weighted by molar-refractivity contribution is 0.516. The minimum atomic E-state index is 0.790. The Labute approximate surface area is 120 Å². The van der Waals surface area contributed by atoms with Gasteiger partial charge in [0, 0.05) is 0 Å². The predicted molar refractivity (Wildman–Crippen MR) is 86.8 cm³/mol. The molecule has 1 aromatic rings. The zero-order valence-electron chi connectivity index (χ0n) is 13.3. The van der Waals surface area contributed by atoms with Crippen molar-refractivity contribution in [2.45, 2.75) is 84.5 Å². The molecule has 1 aromatic carbocycles. The maximum atomic E-state index is 2.44. The summed E-state index contributed by atoms with van der Waals surface area (Å²) in [5.41, 5.74) is 3.07. The highest BCUT2D eigenvalue weighted by Crippen LogP contribution is 2.28. The zero-order valence-corrected chi connectivity index (χ0v) is 13.3. The summed E-state index contributed by atoms with van der Waals surface area (Å²) in [4.78, 5) is 0. The lowest BCUT2D eigenvalue weighted by Crippen LogP contribution is -2.00. The third kappa shape index (κ3) is 6.27. The van der Waals surface area contributed by atoms with Crippen LogP contribution in [0.2, 0.25) is 0 Å². The molecule has 108 valence electrons. The van der Waals surface area contributed by atoms with E-state index in [9.17, 15) is 0 Å². The summed E-state index contributed by atoms with van der Waals surface area (Å²) < 4.78 is 0. The van der Waals surface area contributed by atoms with Crippen molar-refractivity contribution in [3.05, 3.63) is 35.4 Å². The Morgan fingerprint density at radius 2 is 1.63 bits per heavy atom. The molecule has 0 nitrogen and oxygen atoms in total. The molecule has 0 aliphatic heterocycles. The molecule has 0 heteroatoms. The second-order valence-electron chi connectivity index (χ2n) is 5.79. The Morgan fingerprint density at radius 1 is 0.842 bits per heavy atom. The van der Waals surface area contributed by atoms with Gasteiger partial charge in [-0.3, -0.25) is 0 Å². The zero-order chi connectivity index (χ0) is 13.9. The third-order valence-corrected chi connectivity index (χ3v) is 4.12. The van der Waals surface area contributed by atoms with Crippen LogP contribution >= 0.6 is 0 Å². The molecule has 1 atom stereocenters. The van der Waals surface area contributed by atoms with Gasteiger partial charge in [0.25, 0.3) is 0 Å². The van der Waals surface area contributed by atoms with Gasteiger partial charge in [0.1, 0.15) is 0 Å². The molecule has 0 aromatic heterocycles. The summed E-state index contributed by atoms with van der Waals surface area (Å²) in [7, 11) is 0. The van der Waals surface area contributed by atoms with Crippen molar-refractivity contribution in [3.8, 4) is 0 Å². The van der Waals surface area contributed by atoms with Gasteiger partial charge in [-0.15, -0.1) is 0 Å². The molecule has 0 saturated heterocycles. The fourth-order valence-electron chi connectivity index (χ4n) is 2.89. The van der Waals surface area contributed by atoms with Crippen LogP contribution in [0, 0.1) is 0 Å². The van der Waals surface area contributed by atoms with Gasteiger partial charge >= 0.3 is 0 Å². The molecule has 0 amide bonds. The maximum Gasteiger partial charge on any atom is -0.0162 e. The molecular formula is C19H32. The van der Waals surface area contributed by atoms with E-state index in [1.165, 1.54) is 56.9 Å². The smallest absolute Gasteiger partial charge is 0.0162 e. The molecule has 0 aliphatic rings. The van der Waals surface area contributed by atoms with Gasteiger partial charge in [-0.05, 0) is 36.3 Å². The second kappa shape index (κ2) is 10.1. The molecule has 0 aliphatic carbocycles. The number of rotatable bonds is 10. The Balaban J connectivity index is 2.50. The normalized spacial score (nSPS) is 12.6. The number of benzene rings is 1. The standard InChI is InChI=1S/C19H32/c1-4-7-8-9-10-14-18(12-5-2)19-15-11-13-17(6-3)16-19/h11,13,15-16,18H,4-10,12,14H2,1-3H3. The van der Waals surface area contributed by atoms with E-state index in [-0.39, 0.29) is 0 Å². The molecular weight excluding hydrogens is 228 g/mol. The van der Waals surface area contributed by atoms with E-state index < -0.39 is 0 Å². The van der Waals surface area contributed by atoms with Gasteiger partial charge in [0.05, 0.1) is 0 Å². The number of aryl methyl sites for hydroxylation is 1. The van der Waals surface area contributed by atoms with Crippen LogP contribution in [0.25, 0.3) is 0 Å². The van der Waals surface area contributed by atoms with Gasteiger partial charge in [0.2, 0.25) is 0 Å². The van der Waals surface area contributed by atoms with E-state index in [0.29, 0.717) is 0 Å². The van der Waals surface area contributed by atoms with Crippen LogP contribution in [-0.2, 0) is 6.42 Å². The van der Waals surface area contributed by atoms with E-state index in [4.69, 9.17) is 0 Å². The molecule has 0 radical (unpaired) electrons. The number of hydrogen-bond acceptors (Lipinski definition) is 0. The highest BCUT2D eigenvalue weighted by atomic mass is 14.2. The average Bonchev–Trinajstić information content (AvgIpc) is 2.46. The molecule has 0 bridgehead atoms. The van der Waals surface area contributed by atoms with Crippen LogP contribution in [0.5, 0.6) is 0 Å². The highest BCUT2D eigenvalue weighted by Gasteiger charge is 2.10. The average molecular weight is 260 g/mol. The fraction of sp³-hybridized carbons (Fsp3) is 0.684. The summed E-state index contributed by atoms with van der Waals surface area (Å²) in [5.74, 6) is 0.790. The summed E-state index contributed by atoms with van der Waals surface area (Å²) >= 11 is 0. The van der Waals surface area contributed by atoms with Crippen molar-refractivity contribution in [1.29, 1.82) is 0 Å². The molecule has 1 rings (SSSR count). The Hall–Kier alpha value is -0.780. The quantitative estimate of drug-likeness (QED) is 0.422. The number of hydrogen-bond donors (Lipinski definition) is 0. The third-order valence-electron chi connectivity index (χ3n) is 4.12. The van der Waals surface area contributed by atoms with E-state index in [2.05, 4.69) is 45.0 Å². The molecule has 1 unspecified atom stereocenters. The molecule has 0 N–H and O–H groups in total. The SMILES string of the molecule is CCCCCCCC(CCC)c1cccc(CC)c1. The first-order valence-corrected chi connectivity index (χ1v) is 8.40. The summed E-state index contributed by atoms with van der Waals surface area (Å²) in [6.07, 6.45) is 12.2. The van der Waals surface area contributed by atoms with Crippen LogP contribution in [0.1, 0.15) is 89.2 Å². The first kappa shape index (κ1) is 16.3. The minimum Gasteiger partial charge on any atom is -0.0654 e. The Bertz CT molecular complexity index is 327. The minimum absolute atomic E-state index is 0.790. The van der Waals surface area contributed by atoms with Crippen LogP contribution in [0.15, 0.2) is 24.3 Å². The fourth-order valence-corrected chi connectivity index (χ4v) is 2.89. The summed E-state index contributed by atoms with van der Waals surface area (Å²) in [6, 6.07) is 9.28. The van der Waals surface area contributed by atoms with Crippen LogP contribution in [0.4, 0.5) is 0 Å².